The van der Waals surface area contributed by atoms with Gasteiger partial charge in [0.1, 0.15) is 0 Å². The molecule has 4 aromatic rings. The van der Waals surface area contributed by atoms with E-state index >= 15 is 0 Å². The highest BCUT2D eigenvalue weighted by molar-refractivity contribution is 6.06. The fraction of sp³-hybridized carbons (Fsp3) is 0.349. The molecule has 0 fully saturated rings. The number of aliphatic hydroxyl groups excluding tert-OH is 1. The number of hydrogen-bond acceptors (Lipinski definition) is 6. The Bertz CT molecular complexity index is 1990. The van der Waals surface area contributed by atoms with Crippen LogP contribution in [0.15, 0.2) is 103 Å². The van der Waals surface area contributed by atoms with Crippen LogP contribution >= 0.6 is 0 Å². The second kappa shape index (κ2) is 16.9. The van der Waals surface area contributed by atoms with Gasteiger partial charge in [0, 0.05) is 48.7 Å². The standard InChI is InChI=1S/C43H50N6O4/c1-5-7-20-47(21-8-6-2)43(53)39-23-30(4)49(46-39)40-19-18-35(45-41(51)34-22-29(3)44-38(25-34)31-14-10-9-11-15-31)26-37(40)42(52)48-27-33-17-13-12-16-32(33)24-36(48)28-50/h9-19,23,25-26,36,38,44,50H,3,5-8,20-22,24,27-28H2,1-2,4H3,(H,45,51)/t36-,38?/m0/s1. The van der Waals surface area contributed by atoms with Crippen molar-refractivity contribution in [3.05, 3.63) is 136 Å². The Hall–Kier alpha value is -5.48. The van der Waals surface area contributed by atoms with E-state index in [2.05, 4.69) is 31.1 Å². The van der Waals surface area contributed by atoms with Crippen LogP contribution in [-0.4, -0.2) is 68.1 Å². The summed E-state index contributed by atoms with van der Waals surface area (Å²) in [6, 6.07) is 24.1. The zero-order valence-corrected chi connectivity index (χ0v) is 31.0. The van der Waals surface area contributed by atoms with Crippen molar-refractivity contribution in [1.29, 1.82) is 0 Å². The molecule has 2 atom stereocenters. The molecule has 0 radical (unpaired) electrons. The van der Waals surface area contributed by atoms with Crippen molar-refractivity contribution in [2.75, 3.05) is 25.0 Å². The first-order valence-electron chi connectivity index (χ1n) is 18.7. The number of allylic oxidation sites excluding steroid dienone is 1. The Kier molecular flexibility index (Phi) is 11.9. The van der Waals surface area contributed by atoms with Gasteiger partial charge in [-0.1, -0.05) is 87.9 Å². The van der Waals surface area contributed by atoms with Crippen LogP contribution in [0.1, 0.15) is 95.2 Å². The maximum Gasteiger partial charge on any atom is 0.274 e. The van der Waals surface area contributed by atoms with E-state index in [1.807, 2.05) is 72.5 Å². The van der Waals surface area contributed by atoms with Gasteiger partial charge < -0.3 is 25.5 Å². The van der Waals surface area contributed by atoms with E-state index in [-0.39, 0.29) is 30.4 Å². The van der Waals surface area contributed by atoms with Crippen molar-refractivity contribution in [3.8, 4) is 5.69 Å². The van der Waals surface area contributed by atoms with Gasteiger partial charge in [-0.3, -0.25) is 14.4 Å². The summed E-state index contributed by atoms with van der Waals surface area (Å²) >= 11 is 0. The number of anilines is 1. The molecule has 2 aliphatic heterocycles. The number of carbonyl (C=O) groups excluding carboxylic acids is 3. The van der Waals surface area contributed by atoms with E-state index in [1.165, 1.54) is 0 Å². The molecule has 3 aromatic carbocycles. The molecule has 3 heterocycles. The summed E-state index contributed by atoms with van der Waals surface area (Å²) in [5.41, 5.74) is 6.66. The van der Waals surface area contributed by atoms with Gasteiger partial charge in [-0.2, -0.15) is 5.10 Å². The quantitative estimate of drug-likeness (QED) is 0.139. The van der Waals surface area contributed by atoms with Gasteiger partial charge in [-0.25, -0.2) is 4.68 Å². The van der Waals surface area contributed by atoms with E-state index in [1.54, 1.807) is 33.8 Å². The van der Waals surface area contributed by atoms with Crippen LogP contribution in [0.4, 0.5) is 5.69 Å². The molecule has 276 valence electrons. The molecule has 2 aliphatic rings. The number of aliphatic hydroxyl groups is 1. The fourth-order valence-corrected chi connectivity index (χ4v) is 7.12. The number of aromatic nitrogens is 2. The van der Waals surface area contributed by atoms with Crippen LogP contribution in [0, 0.1) is 6.92 Å². The Morgan fingerprint density at radius 1 is 0.962 bits per heavy atom. The van der Waals surface area contributed by atoms with Crippen molar-refractivity contribution < 1.29 is 19.5 Å². The molecule has 3 N–H and O–H groups in total. The molecule has 0 saturated carbocycles. The first-order valence-corrected chi connectivity index (χ1v) is 18.7. The largest absolute Gasteiger partial charge is 0.394 e. The van der Waals surface area contributed by atoms with Crippen LogP contribution in [0.5, 0.6) is 0 Å². The lowest BCUT2D eigenvalue weighted by Gasteiger charge is -2.36. The summed E-state index contributed by atoms with van der Waals surface area (Å²) in [6.07, 6.45) is 6.55. The number of benzene rings is 3. The maximum atomic E-state index is 14.7. The lowest BCUT2D eigenvalue weighted by atomic mass is 9.93. The van der Waals surface area contributed by atoms with Gasteiger partial charge in [0.15, 0.2) is 5.69 Å². The minimum atomic E-state index is -0.439. The molecule has 3 amide bonds. The van der Waals surface area contributed by atoms with E-state index in [9.17, 15) is 19.5 Å². The van der Waals surface area contributed by atoms with E-state index in [0.717, 1.165) is 48.1 Å². The monoisotopic (exact) mass is 714 g/mol. The average molecular weight is 715 g/mol. The maximum absolute atomic E-state index is 14.7. The molecular weight excluding hydrogens is 665 g/mol. The van der Waals surface area contributed by atoms with Crippen LogP contribution in [0.3, 0.4) is 0 Å². The summed E-state index contributed by atoms with van der Waals surface area (Å²) in [5, 5.41) is 21.6. The molecular formula is C43H50N6O4. The van der Waals surface area contributed by atoms with Gasteiger partial charge in [-0.15, -0.1) is 0 Å². The first-order chi connectivity index (χ1) is 25.7. The third-order valence-electron chi connectivity index (χ3n) is 10.1. The van der Waals surface area contributed by atoms with Gasteiger partial charge in [0.05, 0.1) is 29.9 Å². The van der Waals surface area contributed by atoms with E-state index < -0.39 is 6.04 Å². The van der Waals surface area contributed by atoms with Crippen molar-refractivity contribution in [2.24, 2.45) is 0 Å². The molecule has 10 heteroatoms. The highest BCUT2D eigenvalue weighted by Gasteiger charge is 2.32. The summed E-state index contributed by atoms with van der Waals surface area (Å²) in [5.74, 6) is -0.732. The molecule has 0 saturated heterocycles. The third kappa shape index (κ3) is 8.44. The number of amides is 3. The summed E-state index contributed by atoms with van der Waals surface area (Å²) in [6.45, 7) is 11.6. The summed E-state index contributed by atoms with van der Waals surface area (Å²) < 4.78 is 1.64. The van der Waals surface area contributed by atoms with Crippen molar-refractivity contribution in [2.45, 2.75) is 77.9 Å². The number of unbranched alkanes of at least 4 members (excludes halogenated alkanes) is 2. The van der Waals surface area contributed by atoms with Crippen molar-refractivity contribution in [3.63, 3.8) is 0 Å². The number of rotatable bonds is 13. The average Bonchev–Trinajstić information content (AvgIpc) is 3.57. The minimum absolute atomic E-state index is 0.135. The van der Waals surface area contributed by atoms with Gasteiger partial charge in [0.2, 0.25) is 0 Å². The Morgan fingerprint density at radius 2 is 1.66 bits per heavy atom. The molecule has 0 bridgehead atoms. The Morgan fingerprint density at radius 3 is 2.36 bits per heavy atom. The Labute approximate surface area is 312 Å². The topological polar surface area (TPSA) is 120 Å². The first kappa shape index (κ1) is 37.3. The second-order valence-corrected chi connectivity index (χ2v) is 14.0. The van der Waals surface area contributed by atoms with Crippen molar-refractivity contribution in [1.82, 2.24) is 24.9 Å². The van der Waals surface area contributed by atoms with Crippen LogP contribution in [0.25, 0.3) is 5.69 Å². The normalized spacial score (nSPS) is 16.7. The van der Waals surface area contributed by atoms with Crippen LogP contribution < -0.4 is 10.6 Å². The Balaban J connectivity index is 1.36. The number of nitrogens with one attached hydrogen (secondary N) is 2. The molecule has 6 rings (SSSR count). The van der Waals surface area contributed by atoms with Crippen LogP contribution in [0.2, 0.25) is 0 Å². The predicted molar refractivity (Wildman–Crippen MR) is 208 cm³/mol. The van der Waals surface area contributed by atoms with Gasteiger partial charge in [-0.05, 0) is 73.2 Å². The molecule has 1 unspecified atom stereocenters. The summed E-state index contributed by atoms with van der Waals surface area (Å²) in [4.78, 5) is 45.8. The van der Waals surface area contributed by atoms with E-state index in [0.29, 0.717) is 66.4 Å². The smallest absolute Gasteiger partial charge is 0.274 e. The SMILES string of the molecule is C=C1CC(C(=O)Nc2ccc(-n3nc(C(=O)N(CCCC)CCCC)cc3C)c(C(=O)N3Cc4ccccc4C[C@H]3CO)c2)=CC(c2ccccc2)N1. The van der Waals surface area contributed by atoms with Gasteiger partial charge in [0.25, 0.3) is 17.7 Å². The third-order valence-corrected chi connectivity index (χ3v) is 10.1. The molecule has 1 aromatic heterocycles. The lowest BCUT2D eigenvalue weighted by molar-refractivity contribution is -0.113. The van der Waals surface area contributed by atoms with E-state index in [4.69, 9.17) is 5.10 Å². The minimum Gasteiger partial charge on any atom is -0.394 e. The fourth-order valence-electron chi connectivity index (χ4n) is 7.12. The van der Waals surface area contributed by atoms with Crippen LogP contribution in [-0.2, 0) is 17.8 Å². The molecule has 53 heavy (non-hydrogen) atoms. The number of aryl methyl sites for hydroxylation is 1. The lowest BCUT2D eigenvalue weighted by Crippen LogP contribution is -2.46. The van der Waals surface area contributed by atoms with Crippen molar-refractivity contribution >= 4 is 23.4 Å². The highest BCUT2D eigenvalue weighted by atomic mass is 16.3. The number of carbonyl (C=O) groups is 3. The molecule has 0 spiro atoms. The number of nitrogens with zero attached hydrogens (tertiary/aromatic N) is 4. The van der Waals surface area contributed by atoms with Gasteiger partial charge >= 0.3 is 0 Å². The number of fused-ring (bicyclic) bond motifs is 1. The second-order valence-electron chi connectivity index (χ2n) is 14.0. The zero-order chi connectivity index (χ0) is 37.5. The molecule has 0 aliphatic carbocycles. The summed E-state index contributed by atoms with van der Waals surface area (Å²) in [7, 11) is 0. The molecule has 10 nitrogen and oxygen atoms in total. The number of hydrogen-bond donors (Lipinski definition) is 3. The zero-order valence-electron chi connectivity index (χ0n) is 31.0. The highest BCUT2D eigenvalue weighted by Crippen LogP contribution is 2.30. The predicted octanol–water partition coefficient (Wildman–Crippen LogP) is 6.90.